The summed E-state index contributed by atoms with van der Waals surface area (Å²) < 4.78 is 5.31. The lowest BCUT2D eigenvalue weighted by molar-refractivity contribution is 0.0472. The Bertz CT molecular complexity index is 1190. The molecule has 3 aromatic carbocycles. The summed E-state index contributed by atoms with van der Waals surface area (Å²) in [5, 5.41) is 0.773. The Morgan fingerprint density at radius 1 is 0.867 bits per heavy atom. The molecule has 0 radical (unpaired) electrons. The summed E-state index contributed by atoms with van der Waals surface area (Å²) in [4.78, 5) is 39.1. The van der Waals surface area contributed by atoms with Gasteiger partial charge in [0.1, 0.15) is 6.61 Å². The van der Waals surface area contributed by atoms with Gasteiger partial charge in [0.05, 0.1) is 32.4 Å². The number of halogens is 2. The molecule has 0 atom stereocenters. The van der Waals surface area contributed by atoms with Gasteiger partial charge >= 0.3 is 5.97 Å². The number of amides is 2. The summed E-state index contributed by atoms with van der Waals surface area (Å²) in [6.45, 7) is 1.91. The smallest absolute Gasteiger partial charge is 0.338 e. The third-order valence-electron chi connectivity index (χ3n) is 4.77. The van der Waals surface area contributed by atoms with Crippen LogP contribution in [0.4, 0.5) is 5.69 Å². The van der Waals surface area contributed by atoms with Crippen LogP contribution in [-0.2, 0) is 11.3 Å². The fourth-order valence-corrected chi connectivity index (χ4v) is 3.48. The van der Waals surface area contributed by atoms with Gasteiger partial charge in [0, 0.05) is 0 Å². The average molecular weight is 440 g/mol. The minimum absolute atomic E-state index is 0.00479. The highest BCUT2D eigenvalue weighted by molar-refractivity contribution is 6.42. The molecule has 0 unspecified atom stereocenters. The van der Waals surface area contributed by atoms with Crippen LogP contribution in [-0.4, -0.2) is 17.8 Å². The summed E-state index contributed by atoms with van der Waals surface area (Å²) in [6.07, 6.45) is 0. The molecular weight excluding hydrogens is 425 g/mol. The van der Waals surface area contributed by atoms with E-state index in [0.29, 0.717) is 21.3 Å². The van der Waals surface area contributed by atoms with E-state index in [2.05, 4.69) is 0 Å². The molecule has 1 heterocycles. The lowest BCUT2D eigenvalue weighted by Crippen LogP contribution is -2.29. The number of anilines is 1. The van der Waals surface area contributed by atoms with E-state index in [0.717, 1.165) is 10.5 Å². The van der Waals surface area contributed by atoms with Crippen LogP contribution in [0.3, 0.4) is 0 Å². The molecule has 0 spiro atoms. The van der Waals surface area contributed by atoms with Crippen molar-refractivity contribution < 1.29 is 19.1 Å². The van der Waals surface area contributed by atoms with Gasteiger partial charge in [-0.05, 0) is 55.0 Å². The monoisotopic (exact) mass is 439 g/mol. The van der Waals surface area contributed by atoms with E-state index in [1.54, 1.807) is 30.3 Å². The van der Waals surface area contributed by atoms with Crippen molar-refractivity contribution in [2.45, 2.75) is 13.5 Å². The number of carbonyl (C=O) groups is 3. The number of ether oxygens (including phenoxy) is 1. The van der Waals surface area contributed by atoms with Crippen LogP contribution in [0, 0.1) is 6.92 Å². The van der Waals surface area contributed by atoms with Crippen molar-refractivity contribution >= 4 is 46.7 Å². The van der Waals surface area contributed by atoms with E-state index in [1.807, 2.05) is 19.1 Å². The number of imide groups is 1. The van der Waals surface area contributed by atoms with Gasteiger partial charge in [0.25, 0.3) is 11.8 Å². The number of nitrogens with zero attached hydrogens (tertiary/aromatic N) is 1. The lowest BCUT2D eigenvalue weighted by Gasteiger charge is -2.13. The van der Waals surface area contributed by atoms with Gasteiger partial charge in [-0.1, -0.05) is 47.0 Å². The first-order valence-electron chi connectivity index (χ1n) is 9.05. The molecule has 0 bridgehead atoms. The molecule has 0 aromatic heterocycles. The molecule has 0 aliphatic carbocycles. The molecule has 0 fully saturated rings. The maximum Gasteiger partial charge on any atom is 0.338 e. The predicted octanol–water partition coefficient (Wildman–Crippen LogP) is 5.46. The van der Waals surface area contributed by atoms with Gasteiger partial charge in [-0.2, -0.15) is 0 Å². The predicted molar refractivity (Wildman–Crippen MR) is 114 cm³/mol. The number of hydrogen-bond acceptors (Lipinski definition) is 4. The van der Waals surface area contributed by atoms with E-state index in [1.165, 1.54) is 18.2 Å². The summed E-state index contributed by atoms with van der Waals surface area (Å²) >= 11 is 11.8. The maximum atomic E-state index is 12.8. The molecule has 0 N–H and O–H groups in total. The van der Waals surface area contributed by atoms with E-state index in [-0.39, 0.29) is 23.3 Å². The molecule has 4 rings (SSSR count). The van der Waals surface area contributed by atoms with Crippen LogP contribution in [0.25, 0.3) is 0 Å². The van der Waals surface area contributed by atoms with Gasteiger partial charge in [0.2, 0.25) is 0 Å². The van der Waals surface area contributed by atoms with Crippen molar-refractivity contribution in [1.82, 2.24) is 0 Å². The third kappa shape index (κ3) is 3.70. The molecule has 1 aliphatic rings. The summed E-state index contributed by atoms with van der Waals surface area (Å²) in [5.41, 5.74) is 2.78. The number of carbonyl (C=O) groups excluding carboxylic acids is 3. The van der Waals surface area contributed by atoms with Crippen LogP contribution in [0.5, 0.6) is 0 Å². The quantitative estimate of drug-likeness (QED) is 0.399. The standard InChI is InChI=1S/C23H15Cl2NO4/c1-13-2-6-16(7-3-13)26-21(27)17-8-5-15(11-18(17)22(26)28)23(29)30-12-14-4-9-19(24)20(25)10-14/h2-11H,12H2,1H3. The second-order valence-corrected chi connectivity index (χ2v) is 7.68. The van der Waals surface area contributed by atoms with Crippen LogP contribution < -0.4 is 4.90 Å². The number of fused-ring (bicyclic) bond motifs is 1. The molecular formula is C23H15Cl2NO4. The molecule has 0 saturated carbocycles. The highest BCUT2D eigenvalue weighted by atomic mass is 35.5. The molecule has 150 valence electrons. The molecule has 3 aromatic rings. The van der Waals surface area contributed by atoms with Crippen LogP contribution in [0.2, 0.25) is 10.0 Å². The molecule has 0 saturated heterocycles. The number of benzene rings is 3. The molecule has 2 amide bonds. The Labute approximate surface area is 182 Å². The first-order valence-corrected chi connectivity index (χ1v) is 9.81. The molecule has 7 heteroatoms. The Balaban J connectivity index is 1.54. The number of hydrogen-bond donors (Lipinski definition) is 0. The van der Waals surface area contributed by atoms with Crippen molar-refractivity contribution in [3.63, 3.8) is 0 Å². The molecule has 1 aliphatic heterocycles. The highest BCUT2D eigenvalue weighted by Crippen LogP contribution is 2.29. The third-order valence-corrected chi connectivity index (χ3v) is 5.51. The molecule has 5 nitrogen and oxygen atoms in total. The first kappa shape index (κ1) is 20.1. The second-order valence-electron chi connectivity index (χ2n) is 6.87. The van der Waals surface area contributed by atoms with Gasteiger partial charge in [-0.3, -0.25) is 9.59 Å². The van der Waals surface area contributed by atoms with E-state index in [9.17, 15) is 14.4 Å². The SMILES string of the molecule is Cc1ccc(N2C(=O)c3ccc(C(=O)OCc4ccc(Cl)c(Cl)c4)cc3C2=O)cc1. The zero-order chi connectivity index (χ0) is 21.4. The molecule has 30 heavy (non-hydrogen) atoms. The normalized spacial score (nSPS) is 12.8. The van der Waals surface area contributed by atoms with E-state index >= 15 is 0 Å². The fourth-order valence-electron chi connectivity index (χ4n) is 3.16. The van der Waals surface area contributed by atoms with Gasteiger partial charge in [0.15, 0.2) is 0 Å². The summed E-state index contributed by atoms with van der Waals surface area (Å²) in [7, 11) is 0. The Kier molecular flexibility index (Phi) is 5.33. The summed E-state index contributed by atoms with van der Waals surface area (Å²) in [5.74, 6) is -1.51. The second kappa shape index (κ2) is 7.94. The Hall–Kier alpha value is -3.15. The maximum absolute atomic E-state index is 12.8. The van der Waals surface area contributed by atoms with Crippen LogP contribution in [0.15, 0.2) is 60.7 Å². The van der Waals surface area contributed by atoms with Crippen molar-refractivity contribution in [3.8, 4) is 0 Å². The zero-order valence-electron chi connectivity index (χ0n) is 15.8. The van der Waals surface area contributed by atoms with Crippen LogP contribution in [0.1, 0.15) is 42.2 Å². The topological polar surface area (TPSA) is 63.7 Å². The fraction of sp³-hybridized carbons (Fsp3) is 0.0870. The van der Waals surface area contributed by atoms with E-state index < -0.39 is 17.8 Å². The minimum Gasteiger partial charge on any atom is -0.457 e. The Morgan fingerprint density at radius 3 is 2.27 bits per heavy atom. The van der Waals surface area contributed by atoms with Crippen molar-refractivity contribution in [2.24, 2.45) is 0 Å². The van der Waals surface area contributed by atoms with Gasteiger partial charge < -0.3 is 4.74 Å². The first-order chi connectivity index (χ1) is 14.3. The number of esters is 1. The zero-order valence-corrected chi connectivity index (χ0v) is 17.3. The number of aryl methyl sites for hydroxylation is 1. The van der Waals surface area contributed by atoms with Gasteiger partial charge in [-0.15, -0.1) is 0 Å². The largest absolute Gasteiger partial charge is 0.457 e. The highest BCUT2D eigenvalue weighted by Gasteiger charge is 2.37. The van der Waals surface area contributed by atoms with Crippen molar-refractivity contribution in [2.75, 3.05) is 4.90 Å². The van der Waals surface area contributed by atoms with Crippen molar-refractivity contribution in [3.05, 3.63) is 98.5 Å². The Morgan fingerprint density at radius 2 is 1.57 bits per heavy atom. The van der Waals surface area contributed by atoms with Crippen LogP contribution >= 0.6 is 23.2 Å². The summed E-state index contributed by atoms with van der Waals surface area (Å²) in [6, 6.07) is 16.3. The minimum atomic E-state index is -0.613. The van der Waals surface area contributed by atoms with Crippen molar-refractivity contribution in [1.29, 1.82) is 0 Å². The number of rotatable bonds is 4. The lowest BCUT2D eigenvalue weighted by atomic mass is 10.1. The van der Waals surface area contributed by atoms with Gasteiger partial charge in [-0.25, -0.2) is 9.69 Å². The van der Waals surface area contributed by atoms with E-state index in [4.69, 9.17) is 27.9 Å². The average Bonchev–Trinajstić information content (AvgIpc) is 2.99.